The molecule has 1 fully saturated rings. The van der Waals surface area contributed by atoms with Crippen LogP contribution >= 0.6 is 44.9 Å². The van der Waals surface area contributed by atoms with Gasteiger partial charge in [0.1, 0.15) is 11.0 Å². The molecule has 104 valence electrons. The van der Waals surface area contributed by atoms with Gasteiger partial charge in [-0.2, -0.15) is 0 Å². The van der Waals surface area contributed by atoms with Gasteiger partial charge >= 0.3 is 0 Å². The van der Waals surface area contributed by atoms with Crippen LogP contribution in [0.15, 0.2) is 12.1 Å². The van der Waals surface area contributed by atoms with E-state index >= 15 is 0 Å². The minimum Gasteiger partial charge on any atom is -0.296 e. The molecule has 1 amide bonds. The quantitative estimate of drug-likeness (QED) is 0.415. The molecule has 0 aliphatic carbocycles. The Morgan fingerprint density at radius 3 is 2.74 bits per heavy atom. The molecule has 5 nitrogen and oxygen atoms in total. The number of carbonyl (C=O) groups is 1. The van der Waals surface area contributed by atoms with Crippen LogP contribution in [0.3, 0.4) is 0 Å². The van der Waals surface area contributed by atoms with Gasteiger partial charge < -0.3 is 0 Å². The molecule has 1 aliphatic heterocycles. The van der Waals surface area contributed by atoms with E-state index < -0.39 is 9.05 Å². The van der Waals surface area contributed by atoms with E-state index in [0.29, 0.717) is 11.0 Å². The van der Waals surface area contributed by atoms with Crippen molar-refractivity contribution in [1.29, 1.82) is 0 Å². The van der Waals surface area contributed by atoms with Crippen LogP contribution in [0.1, 0.15) is 6.42 Å². The lowest BCUT2D eigenvalue weighted by Crippen LogP contribution is -2.26. The zero-order chi connectivity index (χ0) is 14.2. The van der Waals surface area contributed by atoms with Gasteiger partial charge in [0.05, 0.1) is 9.32 Å². The third-order valence-corrected chi connectivity index (χ3v) is 5.43. The lowest BCUT2D eigenvalue weighted by Gasteiger charge is -2.15. The molecule has 19 heavy (non-hydrogen) atoms. The number of anilines is 1. The molecule has 0 saturated carbocycles. The molecule has 0 bridgehead atoms. The zero-order valence-electron chi connectivity index (χ0n) is 9.51. The molecule has 1 aromatic rings. The summed E-state index contributed by atoms with van der Waals surface area (Å²) in [6.07, 6.45) is 0.150. The van der Waals surface area contributed by atoms with Gasteiger partial charge in [-0.3, -0.25) is 9.69 Å². The number of rotatable bonds is 3. The smallest absolute Gasteiger partial charge is 0.232 e. The second-order valence-corrected chi connectivity index (χ2v) is 8.56. The van der Waals surface area contributed by atoms with Gasteiger partial charge in [0.25, 0.3) is 0 Å². The van der Waals surface area contributed by atoms with Crippen LogP contribution in [-0.2, 0) is 13.8 Å². The highest BCUT2D eigenvalue weighted by molar-refractivity contribution is 14.1. The van der Waals surface area contributed by atoms with Crippen molar-refractivity contribution in [3.8, 4) is 0 Å². The third-order valence-electron chi connectivity index (χ3n) is 2.70. The Morgan fingerprint density at radius 1 is 1.47 bits per heavy atom. The highest BCUT2D eigenvalue weighted by atomic mass is 127. The van der Waals surface area contributed by atoms with Crippen LogP contribution < -0.4 is 4.90 Å². The van der Waals surface area contributed by atoms with Crippen LogP contribution in [0.25, 0.3) is 0 Å². The highest BCUT2D eigenvalue weighted by Crippen LogP contribution is 2.27. The van der Waals surface area contributed by atoms with Crippen molar-refractivity contribution in [1.82, 2.24) is 4.98 Å². The van der Waals surface area contributed by atoms with E-state index in [-0.39, 0.29) is 30.5 Å². The van der Waals surface area contributed by atoms with Gasteiger partial charge in [0, 0.05) is 29.6 Å². The Hall–Kier alpha value is -0.120. The lowest BCUT2D eigenvalue weighted by molar-refractivity contribution is -0.117. The molecule has 0 spiro atoms. The maximum Gasteiger partial charge on any atom is 0.232 e. The molecule has 0 N–H and O–H groups in total. The van der Waals surface area contributed by atoms with Gasteiger partial charge in [0.2, 0.25) is 15.0 Å². The van der Waals surface area contributed by atoms with Gasteiger partial charge in [0.15, 0.2) is 0 Å². The summed E-state index contributed by atoms with van der Waals surface area (Å²) in [5.74, 6) is -0.260. The van der Waals surface area contributed by atoms with E-state index in [1.54, 1.807) is 12.1 Å². The first-order chi connectivity index (χ1) is 8.76. The maximum absolute atomic E-state index is 11.9. The minimum atomic E-state index is -3.61. The highest BCUT2D eigenvalue weighted by Gasteiger charge is 2.33. The molecular weight excluding hydrogens is 426 g/mol. The normalized spacial score (nSPS) is 20.1. The van der Waals surface area contributed by atoms with E-state index in [9.17, 15) is 13.2 Å². The molecule has 1 unspecified atom stereocenters. The van der Waals surface area contributed by atoms with Crippen molar-refractivity contribution in [2.75, 3.05) is 17.2 Å². The van der Waals surface area contributed by atoms with E-state index in [0.717, 1.165) is 3.57 Å². The number of carbonyl (C=O) groups excluding carboxylic acids is 1. The summed E-state index contributed by atoms with van der Waals surface area (Å²) in [5, 5.41) is 0.319. The van der Waals surface area contributed by atoms with E-state index in [4.69, 9.17) is 22.3 Å². The van der Waals surface area contributed by atoms with Crippen LogP contribution in [0.2, 0.25) is 5.15 Å². The molecule has 1 atom stereocenters. The number of pyridine rings is 1. The Balaban J connectivity index is 2.18. The summed E-state index contributed by atoms with van der Waals surface area (Å²) < 4.78 is 22.9. The number of amides is 1. The Labute approximate surface area is 133 Å². The topological polar surface area (TPSA) is 67.3 Å². The molecule has 1 aromatic heterocycles. The van der Waals surface area contributed by atoms with Crippen molar-refractivity contribution in [2.45, 2.75) is 6.42 Å². The number of halogens is 3. The SMILES string of the molecule is O=C1CC(CS(=O)(=O)Cl)CN1c1ccc(I)c(Cl)n1. The van der Waals surface area contributed by atoms with Crippen molar-refractivity contribution in [3.05, 3.63) is 20.9 Å². The van der Waals surface area contributed by atoms with E-state index in [1.165, 1.54) is 4.90 Å². The third kappa shape index (κ3) is 3.93. The fraction of sp³-hybridized carbons (Fsp3) is 0.400. The van der Waals surface area contributed by atoms with E-state index in [1.807, 2.05) is 22.6 Å². The van der Waals surface area contributed by atoms with Crippen molar-refractivity contribution < 1.29 is 13.2 Å². The monoisotopic (exact) mass is 434 g/mol. The largest absolute Gasteiger partial charge is 0.296 e. The molecule has 1 aliphatic rings. The van der Waals surface area contributed by atoms with Crippen LogP contribution in [0.4, 0.5) is 5.82 Å². The molecule has 0 radical (unpaired) electrons. The summed E-state index contributed by atoms with van der Waals surface area (Å²) in [4.78, 5) is 17.4. The summed E-state index contributed by atoms with van der Waals surface area (Å²) >= 11 is 7.95. The Morgan fingerprint density at radius 2 is 2.16 bits per heavy atom. The first kappa shape index (κ1) is 15.3. The number of nitrogens with zero attached hydrogens (tertiary/aromatic N) is 2. The van der Waals surface area contributed by atoms with Gasteiger partial charge in [-0.1, -0.05) is 11.6 Å². The first-order valence-electron chi connectivity index (χ1n) is 5.31. The zero-order valence-corrected chi connectivity index (χ0v) is 14.0. The molecule has 1 saturated heterocycles. The Bertz CT molecular complexity index is 623. The average Bonchev–Trinajstić information content (AvgIpc) is 2.61. The van der Waals surface area contributed by atoms with Crippen LogP contribution in [0, 0.1) is 9.49 Å². The Kier molecular flexibility index (Phi) is 4.59. The van der Waals surface area contributed by atoms with Gasteiger partial charge in [-0.25, -0.2) is 13.4 Å². The second-order valence-electron chi connectivity index (χ2n) is 4.22. The first-order valence-corrected chi connectivity index (χ1v) is 9.24. The van der Waals surface area contributed by atoms with Crippen LogP contribution in [0.5, 0.6) is 0 Å². The van der Waals surface area contributed by atoms with Gasteiger partial charge in [-0.15, -0.1) is 0 Å². The van der Waals surface area contributed by atoms with Crippen molar-refractivity contribution in [2.24, 2.45) is 5.92 Å². The fourth-order valence-corrected chi connectivity index (χ4v) is 3.73. The molecule has 9 heteroatoms. The summed E-state index contributed by atoms with van der Waals surface area (Å²) in [6, 6.07) is 3.44. The lowest BCUT2D eigenvalue weighted by atomic mass is 10.1. The average molecular weight is 435 g/mol. The van der Waals surface area contributed by atoms with Crippen molar-refractivity contribution >= 4 is 65.7 Å². The van der Waals surface area contributed by atoms with Crippen molar-refractivity contribution in [3.63, 3.8) is 0 Å². The molecule has 2 rings (SSSR count). The van der Waals surface area contributed by atoms with E-state index in [2.05, 4.69) is 4.98 Å². The van der Waals surface area contributed by atoms with Gasteiger partial charge in [-0.05, 0) is 34.7 Å². The number of hydrogen-bond donors (Lipinski definition) is 0. The predicted molar refractivity (Wildman–Crippen MR) is 82.1 cm³/mol. The molecule has 0 aromatic carbocycles. The minimum absolute atomic E-state index is 0.150. The number of hydrogen-bond acceptors (Lipinski definition) is 4. The molecular formula is C10H9Cl2IN2O3S. The standard InChI is InChI=1S/C10H9Cl2IN2O3S/c11-10-7(13)1-2-8(14-10)15-4-6(3-9(15)16)5-19(12,17)18/h1-2,6H,3-5H2. The maximum atomic E-state index is 11.9. The summed E-state index contributed by atoms with van der Waals surface area (Å²) in [7, 11) is 1.60. The number of aromatic nitrogens is 1. The fourth-order valence-electron chi connectivity index (χ4n) is 1.95. The van der Waals surface area contributed by atoms with Crippen LogP contribution in [-0.4, -0.2) is 31.6 Å². The second kappa shape index (κ2) is 5.71. The summed E-state index contributed by atoms with van der Waals surface area (Å²) in [6.45, 7) is 0.286. The molecule has 2 heterocycles. The predicted octanol–water partition coefficient (Wildman–Crippen LogP) is 2.26. The summed E-state index contributed by atoms with van der Waals surface area (Å²) in [5.41, 5.74) is 0.